The van der Waals surface area contributed by atoms with Gasteiger partial charge in [0.15, 0.2) is 0 Å². The van der Waals surface area contributed by atoms with Gasteiger partial charge in [0, 0.05) is 18.8 Å². The highest BCUT2D eigenvalue weighted by atomic mass is 32.2. The highest BCUT2D eigenvalue weighted by Crippen LogP contribution is 2.20. The zero-order chi connectivity index (χ0) is 12.7. The lowest BCUT2D eigenvalue weighted by Crippen LogP contribution is -2.12. The van der Waals surface area contributed by atoms with Crippen LogP contribution in [0.3, 0.4) is 0 Å². The molecule has 0 aliphatic carbocycles. The number of nitrogens with zero attached hydrogens (tertiary/aromatic N) is 2. The van der Waals surface area contributed by atoms with Crippen molar-refractivity contribution >= 4 is 17.7 Å². The molecule has 98 valence electrons. The molecule has 0 bridgehead atoms. The van der Waals surface area contributed by atoms with E-state index in [2.05, 4.69) is 48.8 Å². The summed E-state index contributed by atoms with van der Waals surface area (Å²) in [5, 5.41) is 3.40. The third-order valence-electron chi connectivity index (χ3n) is 2.74. The first-order valence-electron chi connectivity index (χ1n) is 6.56. The summed E-state index contributed by atoms with van der Waals surface area (Å²) in [6.45, 7) is 9.71. The first-order valence-corrected chi connectivity index (χ1v) is 7.71. The van der Waals surface area contributed by atoms with Crippen molar-refractivity contribution in [3.8, 4) is 0 Å². The smallest absolute Gasteiger partial charge is 0.203 e. The van der Waals surface area contributed by atoms with E-state index in [1.54, 1.807) is 0 Å². The van der Waals surface area contributed by atoms with E-state index in [1.807, 2.05) is 11.8 Å². The van der Waals surface area contributed by atoms with Crippen molar-refractivity contribution in [3.05, 3.63) is 11.9 Å². The molecule has 0 aliphatic rings. The van der Waals surface area contributed by atoms with Gasteiger partial charge in [-0.15, -0.1) is 0 Å². The lowest BCUT2D eigenvalue weighted by Gasteiger charge is -2.16. The number of thioether (sulfide) groups is 1. The molecule has 0 spiro atoms. The molecule has 0 aromatic carbocycles. The molecule has 1 atom stereocenters. The second-order valence-electron chi connectivity index (χ2n) is 4.37. The van der Waals surface area contributed by atoms with Crippen LogP contribution in [0.2, 0.25) is 0 Å². The fraction of sp³-hybridized carbons (Fsp3) is 0.769. The summed E-state index contributed by atoms with van der Waals surface area (Å²) in [7, 11) is 0. The maximum absolute atomic E-state index is 4.54. The summed E-state index contributed by atoms with van der Waals surface area (Å²) in [4.78, 5) is 4.54. The third-order valence-corrected chi connectivity index (χ3v) is 3.68. The molecule has 0 saturated heterocycles. The van der Waals surface area contributed by atoms with Gasteiger partial charge in [-0.05, 0) is 38.2 Å². The van der Waals surface area contributed by atoms with E-state index in [9.17, 15) is 0 Å². The Kier molecular flexibility index (Phi) is 6.48. The van der Waals surface area contributed by atoms with Crippen molar-refractivity contribution in [1.29, 1.82) is 0 Å². The minimum atomic E-state index is 0.523. The van der Waals surface area contributed by atoms with Gasteiger partial charge in [0.2, 0.25) is 5.95 Å². The SMILES string of the molecule is CCCNc1nc(C)cn1C(C)CCSCC. The molecule has 0 amide bonds. The molecule has 1 unspecified atom stereocenters. The average molecular weight is 255 g/mol. The predicted molar refractivity (Wildman–Crippen MR) is 78.1 cm³/mol. The summed E-state index contributed by atoms with van der Waals surface area (Å²) in [6, 6.07) is 0.523. The van der Waals surface area contributed by atoms with Gasteiger partial charge in [0.25, 0.3) is 0 Å². The van der Waals surface area contributed by atoms with Gasteiger partial charge < -0.3 is 9.88 Å². The number of imidazole rings is 1. The summed E-state index contributed by atoms with van der Waals surface area (Å²) >= 11 is 2.01. The lowest BCUT2D eigenvalue weighted by atomic mass is 10.2. The van der Waals surface area contributed by atoms with Crippen LogP contribution < -0.4 is 5.32 Å². The van der Waals surface area contributed by atoms with Gasteiger partial charge in [0.05, 0.1) is 5.69 Å². The quantitative estimate of drug-likeness (QED) is 0.718. The Labute approximate surface area is 109 Å². The Morgan fingerprint density at radius 1 is 1.47 bits per heavy atom. The lowest BCUT2D eigenvalue weighted by molar-refractivity contribution is 0.538. The predicted octanol–water partition coefficient (Wildman–Crippen LogP) is 3.72. The standard InChI is InChI=1S/C13H25N3S/c1-5-8-14-13-15-11(3)10-16(13)12(4)7-9-17-6-2/h10,12H,5-9H2,1-4H3,(H,14,15). The van der Waals surface area contributed by atoms with Crippen LogP contribution in [0.4, 0.5) is 5.95 Å². The average Bonchev–Trinajstić information content (AvgIpc) is 2.68. The molecule has 3 nitrogen and oxygen atoms in total. The number of aromatic nitrogens is 2. The summed E-state index contributed by atoms with van der Waals surface area (Å²) < 4.78 is 2.28. The molecule has 1 aromatic rings. The Bertz CT molecular complexity index is 322. The van der Waals surface area contributed by atoms with E-state index < -0.39 is 0 Å². The van der Waals surface area contributed by atoms with Gasteiger partial charge in [0.1, 0.15) is 0 Å². The van der Waals surface area contributed by atoms with Crippen molar-refractivity contribution in [2.45, 2.75) is 46.6 Å². The van der Waals surface area contributed by atoms with Crippen LogP contribution in [0, 0.1) is 6.92 Å². The molecular formula is C13H25N3S. The van der Waals surface area contributed by atoms with Crippen LogP contribution in [0.1, 0.15) is 45.3 Å². The summed E-state index contributed by atoms with van der Waals surface area (Å²) in [6.07, 6.45) is 4.49. The van der Waals surface area contributed by atoms with Crippen LogP contribution in [0.5, 0.6) is 0 Å². The van der Waals surface area contributed by atoms with Gasteiger partial charge in [-0.25, -0.2) is 4.98 Å². The van der Waals surface area contributed by atoms with E-state index in [1.165, 1.54) is 17.9 Å². The number of nitrogens with one attached hydrogen (secondary N) is 1. The molecule has 0 fully saturated rings. The topological polar surface area (TPSA) is 29.9 Å². The molecule has 0 aliphatic heterocycles. The Morgan fingerprint density at radius 2 is 2.24 bits per heavy atom. The monoisotopic (exact) mass is 255 g/mol. The molecule has 0 radical (unpaired) electrons. The molecule has 17 heavy (non-hydrogen) atoms. The van der Waals surface area contributed by atoms with Crippen LogP contribution in [0.25, 0.3) is 0 Å². The highest BCUT2D eigenvalue weighted by Gasteiger charge is 2.11. The van der Waals surface area contributed by atoms with Crippen molar-refractivity contribution in [3.63, 3.8) is 0 Å². The minimum Gasteiger partial charge on any atom is -0.356 e. The molecule has 1 heterocycles. The summed E-state index contributed by atoms with van der Waals surface area (Å²) in [5.74, 6) is 3.46. The van der Waals surface area contributed by atoms with Crippen molar-refractivity contribution < 1.29 is 0 Å². The van der Waals surface area contributed by atoms with Crippen LogP contribution in [-0.2, 0) is 0 Å². The van der Waals surface area contributed by atoms with E-state index >= 15 is 0 Å². The third kappa shape index (κ3) is 4.62. The van der Waals surface area contributed by atoms with Gasteiger partial charge >= 0.3 is 0 Å². The van der Waals surface area contributed by atoms with Crippen LogP contribution in [0.15, 0.2) is 6.20 Å². The number of hydrogen-bond donors (Lipinski definition) is 1. The molecule has 4 heteroatoms. The highest BCUT2D eigenvalue weighted by molar-refractivity contribution is 7.99. The fourth-order valence-corrected chi connectivity index (χ4v) is 2.55. The Morgan fingerprint density at radius 3 is 2.88 bits per heavy atom. The van der Waals surface area contributed by atoms with Crippen molar-refractivity contribution in [2.24, 2.45) is 0 Å². The van der Waals surface area contributed by atoms with Crippen LogP contribution >= 0.6 is 11.8 Å². The molecular weight excluding hydrogens is 230 g/mol. The molecule has 1 N–H and O–H groups in total. The minimum absolute atomic E-state index is 0.523. The molecule has 1 rings (SSSR count). The normalized spacial score (nSPS) is 12.7. The first-order chi connectivity index (χ1) is 8.19. The summed E-state index contributed by atoms with van der Waals surface area (Å²) in [5.41, 5.74) is 1.10. The van der Waals surface area contributed by atoms with E-state index in [0.717, 1.165) is 24.6 Å². The second kappa shape index (κ2) is 7.64. The van der Waals surface area contributed by atoms with Gasteiger partial charge in [-0.3, -0.25) is 0 Å². The number of hydrogen-bond acceptors (Lipinski definition) is 3. The van der Waals surface area contributed by atoms with Crippen LogP contribution in [-0.4, -0.2) is 27.6 Å². The zero-order valence-corrected chi connectivity index (χ0v) is 12.3. The largest absolute Gasteiger partial charge is 0.356 e. The number of rotatable bonds is 8. The number of anilines is 1. The molecule has 1 aromatic heterocycles. The van der Waals surface area contributed by atoms with Gasteiger partial charge in [-0.1, -0.05) is 13.8 Å². The zero-order valence-electron chi connectivity index (χ0n) is 11.5. The van der Waals surface area contributed by atoms with E-state index in [4.69, 9.17) is 0 Å². The molecule has 0 saturated carbocycles. The number of aryl methyl sites for hydroxylation is 1. The Balaban J connectivity index is 2.60. The maximum Gasteiger partial charge on any atom is 0.203 e. The fourth-order valence-electron chi connectivity index (χ4n) is 1.76. The second-order valence-corrected chi connectivity index (χ2v) is 5.77. The van der Waals surface area contributed by atoms with Crippen molar-refractivity contribution in [1.82, 2.24) is 9.55 Å². The maximum atomic E-state index is 4.54. The van der Waals surface area contributed by atoms with E-state index in [0.29, 0.717) is 6.04 Å². The van der Waals surface area contributed by atoms with Crippen molar-refractivity contribution in [2.75, 3.05) is 23.4 Å². The first kappa shape index (κ1) is 14.4. The van der Waals surface area contributed by atoms with Gasteiger partial charge in [-0.2, -0.15) is 11.8 Å². The van der Waals surface area contributed by atoms with E-state index in [-0.39, 0.29) is 0 Å². The Hall–Kier alpha value is -0.640.